The Balaban J connectivity index is 0. The molecule has 2 saturated heterocycles. The van der Waals surface area contributed by atoms with Gasteiger partial charge >= 0.3 is 0 Å². The Kier molecular flexibility index (Phi) is 11.0. The third-order valence-corrected chi connectivity index (χ3v) is 4.67. The second-order valence-corrected chi connectivity index (χ2v) is 5.34. The summed E-state index contributed by atoms with van der Waals surface area (Å²) in [5, 5.41) is 0. The quantitative estimate of drug-likeness (QED) is 0.551. The molecular formula is C16H33O2W-. The average Bonchev–Trinajstić information content (AvgIpc) is 2.84. The monoisotopic (exact) mass is 441 g/mol. The molecule has 19 heavy (non-hydrogen) atoms. The first-order valence-electron chi connectivity index (χ1n) is 7.13. The van der Waals surface area contributed by atoms with E-state index in [1.54, 1.807) is 6.92 Å². The zero-order valence-electron chi connectivity index (χ0n) is 12.6. The van der Waals surface area contributed by atoms with Crippen molar-refractivity contribution in [3.05, 3.63) is 6.92 Å². The predicted octanol–water partition coefficient (Wildman–Crippen LogP) is 4.68. The van der Waals surface area contributed by atoms with Gasteiger partial charge in [-0.25, -0.2) is 0 Å². The van der Waals surface area contributed by atoms with Gasteiger partial charge in [0.1, 0.15) is 0 Å². The van der Waals surface area contributed by atoms with Crippen LogP contribution in [0.3, 0.4) is 0 Å². The van der Waals surface area contributed by atoms with E-state index in [0.717, 1.165) is 25.9 Å². The smallest absolute Gasteiger partial charge is 0.171 e. The number of hydrogen-bond donors (Lipinski definition) is 0. The van der Waals surface area contributed by atoms with E-state index in [9.17, 15) is 0 Å². The van der Waals surface area contributed by atoms with Gasteiger partial charge in [0.15, 0.2) is 5.79 Å². The standard InChI is InChI=1S/C13H24O2.C2H5.CH4.W/c1-5-12-10(3)9(2)11(4)13(15-12)7-6-8-14-13;1-2;;/h9-12H,5-8H2,1-4H3;1H2,2H3;1H4;/q;-1;;/t9-,10-,11+,12+,13-;;;/m0.../s1. The van der Waals surface area contributed by atoms with Gasteiger partial charge in [-0.1, -0.05) is 35.1 Å². The Hall–Kier alpha value is 0.608. The van der Waals surface area contributed by atoms with Crippen LogP contribution in [0.2, 0.25) is 0 Å². The minimum absolute atomic E-state index is 0. The third kappa shape index (κ3) is 4.29. The SMILES string of the molecule is C.CC[C@H]1O[C@@]2(CCCO2)[C@H](C)[C@@H](C)[C@@H]1C.[CH2-]C.[W]. The Labute approximate surface area is 135 Å². The molecule has 5 atom stereocenters. The molecule has 2 nitrogen and oxygen atoms in total. The topological polar surface area (TPSA) is 18.5 Å². The summed E-state index contributed by atoms with van der Waals surface area (Å²) < 4.78 is 12.2. The van der Waals surface area contributed by atoms with Crippen LogP contribution >= 0.6 is 0 Å². The first kappa shape index (κ1) is 21.9. The maximum atomic E-state index is 6.26. The van der Waals surface area contributed by atoms with Crippen LogP contribution in [-0.4, -0.2) is 18.5 Å². The minimum atomic E-state index is -0.243. The van der Waals surface area contributed by atoms with E-state index in [1.807, 2.05) is 0 Å². The van der Waals surface area contributed by atoms with E-state index >= 15 is 0 Å². The summed E-state index contributed by atoms with van der Waals surface area (Å²) in [5.41, 5.74) is 0. The molecule has 116 valence electrons. The Morgan fingerprint density at radius 2 is 1.74 bits per heavy atom. The van der Waals surface area contributed by atoms with Gasteiger partial charge < -0.3 is 16.4 Å². The van der Waals surface area contributed by atoms with Crippen molar-refractivity contribution in [1.82, 2.24) is 0 Å². The van der Waals surface area contributed by atoms with Crippen LogP contribution in [-0.2, 0) is 30.5 Å². The molecule has 0 aromatic carbocycles. The van der Waals surface area contributed by atoms with Gasteiger partial charge in [-0.2, -0.15) is 6.92 Å². The average molecular weight is 441 g/mol. The molecule has 0 bridgehead atoms. The third-order valence-electron chi connectivity index (χ3n) is 4.67. The number of hydrogen-bond acceptors (Lipinski definition) is 2. The number of ether oxygens (including phenoxy) is 2. The summed E-state index contributed by atoms with van der Waals surface area (Å²) in [4.78, 5) is 0. The minimum Gasteiger partial charge on any atom is -0.350 e. The molecular weight excluding hydrogens is 408 g/mol. The molecule has 0 saturated carbocycles. The molecule has 2 aliphatic rings. The summed E-state index contributed by atoms with van der Waals surface area (Å²) in [6, 6.07) is 0. The van der Waals surface area contributed by atoms with E-state index in [2.05, 4.69) is 34.6 Å². The van der Waals surface area contributed by atoms with Gasteiger partial charge in [-0.15, -0.1) is 0 Å². The van der Waals surface area contributed by atoms with Crippen LogP contribution in [0.4, 0.5) is 0 Å². The molecule has 0 aromatic rings. The molecule has 2 heterocycles. The normalized spacial score (nSPS) is 40.7. The number of rotatable bonds is 1. The zero-order valence-corrected chi connectivity index (χ0v) is 15.5. The molecule has 3 heteroatoms. The van der Waals surface area contributed by atoms with Gasteiger partial charge in [0.2, 0.25) is 0 Å². The fourth-order valence-electron chi connectivity index (χ4n) is 3.21. The summed E-state index contributed by atoms with van der Waals surface area (Å²) in [7, 11) is 0. The van der Waals surface area contributed by atoms with Crippen molar-refractivity contribution < 1.29 is 30.5 Å². The molecule has 0 unspecified atom stereocenters. The summed E-state index contributed by atoms with van der Waals surface area (Å²) in [6.45, 7) is 15.0. The van der Waals surface area contributed by atoms with Crippen LogP contribution in [0.1, 0.15) is 61.3 Å². The first-order valence-corrected chi connectivity index (χ1v) is 7.13. The van der Waals surface area contributed by atoms with E-state index in [0.29, 0.717) is 23.9 Å². The molecule has 2 aliphatic heterocycles. The van der Waals surface area contributed by atoms with Crippen LogP contribution in [0.15, 0.2) is 0 Å². The summed E-state index contributed by atoms with van der Waals surface area (Å²) >= 11 is 0. The van der Waals surface area contributed by atoms with Gasteiger partial charge in [0.05, 0.1) is 12.7 Å². The van der Waals surface area contributed by atoms with Gasteiger partial charge in [0.25, 0.3) is 0 Å². The Morgan fingerprint density at radius 1 is 1.16 bits per heavy atom. The molecule has 2 fully saturated rings. The largest absolute Gasteiger partial charge is 0.350 e. The van der Waals surface area contributed by atoms with Crippen molar-refractivity contribution in [2.45, 2.75) is 73.2 Å². The zero-order chi connectivity index (χ0) is 13.1. The second kappa shape index (κ2) is 9.53. The summed E-state index contributed by atoms with van der Waals surface area (Å²) in [6.07, 6.45) is 3.72. The molecule has 2 rings (SSSR count). The maximum absolute atomic E-state index is 6.26. The van der Waals surface area contributed by atoms with E-state index in [1.165, 1.54) is 0 Å². The molecule has 0 aromatic heterocycles. The van der Waals surface area contributed by atoms with Gasteiger partial charge in [-0.05, 0) is 24.7 Å². The molecule has 0 amide bonds. The van der Waals surface area contributed by atoms with Crippen LogP contribution in [0.25, 0.3) is 0 Å². The van der Waals surface area contributed by atoms with Gasteiger partial charge in [-0.3, -0.25) is 0 Å². The van der Waals surface area contributed by atoms with Crippen LogP contribution in [0.5, 0.6) is 0 Å². The molecule has 0 N–H and O–H groups in total. The molecule has 0 aliphatic carbocycles. The van der Waals surface area contributed by atoms with Crippen molar-refractivity contribution in [2.24, 2.45) is 17.8 Å². The van der Waals surface area contributed by atoms with Crippen LogP contribution < -0.4 is 0 Å². The maximum Gasteiger partial charge on any atom is 0.171 e. The van der Waals surface area contributed by atoms with Crippen molar-refractivity contribution in [3.63, 3.8) is 0 Å². The van der Waals surface area contributed by atoms with E-state index < -0.39 is 0 Å². The predicted molar refractivity (Wildman–Crippen MR) is 78.3 cm³/mol. The van der Waals surface area contributed by atoms with Crippen LogP contribution in [0, 0.1) is 24.7 Å². The van der Waals surface area contributed by atoms with Crippen molar-refractivity contribution in [3.8, 4) is 0 Å². The first-order chi connectivity index (χ1) is 8.10. The molecule has 1 spiro atoms. The van der Waals surface area contributed by atoms with Gasteiger partial charge in [0, 0.05) is 33.4 Å². The van der Waals surface area contributed by atoms with Crippen molar-refractivity contribution >= 4 is 0 Å². The van der Waals surface area contributed by atoms with Crippen molar-refractivity contribution in [1.29, 1.82) is 0 Å². The second-order valence-electron chi connectivity index (χ2n) is 5.34. The summed E-state index contributed by atoms with van der Waals surface area (Å²) in [5.74, 6) is 1.63. The van der Waals surface area contributed by atoms with Crippen molar-refractivity contribution in [2.75, 3.05) is 6.61 Å². The Morgan fingerprint density at radius 3 is 2.16 bits per heavy atom. The fraction of sp³-hybridized carbons (Fsp3) is 0.938. The fourth-order valence-corrected chi connectivity index (χ4v) is 3.21. The van der Waals surface area contributed by atoms with E-state index in [4.69, 9.17) is 9.47 Å². The Bertz CT molecular complexity index is 225. The van der Waals surface area contributed by atoms with E-state index in [-0.39, 0.29) is 34.3 Å². The molecule has 0 radical (unpaired) electrons.